The monoisotopic (exact) mass is 316 g/mol. The Kier molecular flexibility index (Phi) is 2.84. The van der Waals surface area contributed by atoms with Crippen LogP contribution in [0.15, 0.2) is 22.3 Å². The Labute approximate surface area is 129 Å². The predicted octanol–water partition coefficient (Wildman–Crippen LogP) is 1.03. The summed E-state index contributed by atoms with van der Waals surface area (Å²) >= 11 is 1.50. The molecule has 0 atom stereocenters. The fourth-order valence-electron chi connectivity index (χ4n) is 2.47. The van der Waals surface area contributed by atoms with Crippen LogP contribution in [-0.2, 0) is 13.1 Å². The normalized spacial score (nSPS) is 13.9. The number of amides is 1. The van der Waals surface area contributed by atoms with E-state index in [1.165, 1.54) is 11.3 Å². The second kappa shape index (κ2) is 4.75. The lowest BCUT2D eigenvalue weighted by molar-refractivity contribution is 0.0788. The number of nitrogens with two attached hydrogens (primary N) is 1. The van der Waals surface area contributed by atoms with Crippen LogP contribution in [0, 0.1) is 0 Å². The molecule has 2 N–H and O–H groups in total. The van der Waals surface area contributed by atoms with E-state index in [0.717, 1.165) is 10.7 Å². The van der Waals surface area contributed by atoms with Gasteiger partial charge in [-0.1, -0.05) is 5.16 Å². The van der Waals surface area contributed by atoms with Crippen molar-refractivity contribution in [1.29, 1.82) is 0 Å². The van der Waals surface area contributed by atoms with Gasteiger partial charge in [-0.2, -0.15) is 4.98 Å². The molecule has 1 aliphatic rings. The Hall–Kier alpha value is -2.52. The van der Waals surface area contributed by atoms with Crippen molar-refractivity contribution >= 4 is 17.2 Å². The fourth-order valence-corrected chi connectivity index (χ4v) is 3.36. The van der Waals surface area contributed by atoms with Crippen LogP contribution >= 0.6 is 11.3 Å². The second-order valence-electron chi connectivity index (χ2n) is 4.93. The molecule has 3 aromatic rings. The van der Waals surface area contributed by atoms with Crippen LogP contribution < -0.4 is 5.73 Å². The molecule has 0 spiro atoms. The molecule has 0 aromatic carbocycles. The van der Waals surface area contributed by atoms with E-state index in [4.69, 9.17) is 10.3 Å². The maximum Gasteiger partial charge on any atom is 0.256 e. The van der Waals surface area contributed by atoms with E-state index in [1.807, 2.05) is 16.0 Å². The van der Waals surface area contributed by atoms with Crippen LogP contribution in [-0.4, -0.2) is 37.5 Å². The standard InChI is InChI=1S/C13H12N6O2S/c1-18-5-8-10(11-16-9(4-14)21-17-11)15-6-19(8)13-7(12(18)20)2-3-22-13/h2-3,6H,4-5,14H2,1H3. The molecule has 0 radical (unpaired) electrons. The number of thiophene rings is 1. The summed E-state index contributed by atoms with van der Waals surface area (Å²) in [6.45, 7) is 0.596. The van der Waals surface area contributed by atoms with Crippen LogP contribution in [0.3, 0.4) is 0 Å². The summed E-state index contributed by atoms with van der Waals surface area (Å²) in [4.78, 5) is 22.7. The molecule has 22 heavy (non-hydrogen) atoms. The minimum atomic E-state index is -0.0124. The predicted molar refractivity (Wildman–Crippen MR) is 78.4 cm³/mol. The minimum Gasteiger partial charge on any atom is -0.338 e. The summed E-state index contributed by atoms with van der Waals surface area (Å²) in [7, 11) is 1.76. The molecule has 0 aliphatic carbocycles. The fraction of sp³-hybridized carbons (Fsp3) is 0.231. The lowest BCUT2D eigenvalue weighted by Gasteiger charge is -2.13. The van der Waals surface area contributed by atoms with E-state index < -0.39 is 0 Å². The molecule has 4 heterocycles. The highest BCUT2D eigenvalue weighted by Gasteiger charge is 2.28. The third-order valence-corrected chi connectivity index (χ3v) is 4.46. The van der Waals surface area contributed by atoms with Crippen molar-refractivity contribution < 1.29 is 9.32 Å². The number of imidazole rings is 1. The van der Waals surface area contributed by atoms with Gasteiger partial charge in [0.1, 0.15) is 17.0 Å². The Morgan fingerprint density at radius 1 is 1.50 bits per heavy atom. The molecule has 3 aromatic heterocycles. The van der Waals surface area contributed by atoms with Crippen LogP contribution in [0.1, 0.15) is 21.9 Å². The molecule has 0 fully saturated rings. The quantitative estimate of drug-likeness (QED) is 0.757. The summed E-state index contributed by atoms with van der Waals surface area (Å²) in [6, 6.07) is 1.83. The zero-order valence-corrected chi connectivity index (χ0v) is 12.5. The Bertz CT molecular complexity index is 864. The van der Waals surface area contributed by atoms with Crippen LogP contribution in [0.25, 0.3) is 16.5 Å². The first kappa shape index (κ1) is 13.2. The van der Waals surface area contributed by atoms with Gasteiger partial charge in [0, 0.05) is 7.05 Å². The van der Waals surface area contributed by atoms with Gasteiger partial charge >= 0.3 is 0 Å². The van der Waals surface area contributed by atoms with E-state index in [1.54, 1.807) is 18.3 Å². The number of carbonyl (C=O) groups excluding carboxylic acids is 1. The van der Waals surface area contributed by atoms with Gasteiger partial charge in [-0.15, -0.1) is 11.3 Å². The highest BCUT2D eigenvalue weighted by Crippen LogP contribution is 2.32. The Morgan fingerprint density at radius 2 is 2.36 bits per heavy atom. The van der Waals surface area contributed by atoms with E-state index in [-0.39, 0.29) is 12.5 Å². The van der Waals surface area contributed by atoms with Crippen LogP contribution in [0.4, 0.5) is 0 Å². The number of hydrogen-bond donors (Lipinski definition) is 1. The van der Waals surface area contributed by atoms with Gasteiger partial charge in [-0.25, -0.2) is 4.98 Å². The molecule has 9 heteroatoms. The zero-order chi connectivity index (χ0) is 15.3. The Morgan fingerprint density at radius 3 is 3.14 bits per heavy atom. The minimum absolute atomic E-state index is 0.0124. The van der Waals surface area contributed by atoms with Crippen molar-refractivity contribution in [1.82, 2.24) is 24.6 Å². The van der Waals surface area contributed by atoms with E-state index in [2.05, 4.69) is 15.1 Å². The largest absolute Gasteiger partial charge is 0.338 e. The average molecular weight is 316 g/mol. The first-order chi connectivity index (χ1) is 10.7. The third-order valence-electron chi connectivity index (χ3n) is 3.55. The molecular formula is C13H12N6O2S. The highest BCUT2D eigenvalue weighted by molar-refractivity contribution is 7.13. The lowest BCUT2D eigenvalue weighted by atomic mass is 10.3. The molecule has 0 bridgehead atoms. The van der Waals surface area contributed by atoms with Gasteiger partial charge in [0.05, 0.1) is 24.3 Å². The van der Waals surface area contributed by atoms with Gasteiger partial charge in [-0.3, -0.25) is 9.36 Å². The molecule has 4 rings (SSSR count). The number of aromatic nitrogens is 4. The molecular weight excluding hydrogens is 304 g/mol. The summed E-state index contributed by atoms with van der Waals surface area (Å²) in [5.74, 6) is 0.725. The van der Waals surface area contributed by atoms with Crippen molar-refractivity contribution in [3.63, 3.8) is 0 Å². The van der Waals surface area contributed by atoms with E-state index in [0.29, 0.717) is 29.5 Å². The van der Waals surface area contributed by atoms with Gasteiger partial charge in [-0.05, 0) is 11.4 Å². The zero-order valence-electron chi connectivity index (χ0n) is 11.7. The SMILES string of the molecule is CN1Cc2c(-c3noc(CN)n3)ncn2-c2sccc2C1=O. The van der Waals surface area contributed by atoms with Crippen molar-refractivity contribution in [3.8, 4) is 16.5 Å². The molecule has 0 saturated carbocycles. The summed E-state index contributed by atoms with van der Waals surface area (Å²) in [5.41, 5.74) is 7.62. The van der Waals surface area contributed by atoms with Gasteiger partial charge in [0.15, 0.2) is 0 Å². The van der Waals surface area contributed by atoms with Gasteiger partial charge in [0.2, 0.25) is 11.7 Å². The van der Waals surface area contributed by atoms with Crippen molar-refractivity contribution in [2.45, 2.75) is 13.1 Å². The highest BCUT2D eigenvalue weighted by atomic mass is 32.1. The smallest absolute Gasteiger partial charge is 0.256 e. The van der Waals surface area contributed by atoms with E-state index in [9.17, 15) is 4.79 Å². The average Bonchev–Trinajstić information content (AvgIpc) is 3.23. The summed E-state index contributed by atoms with van der Waals surface area (Å²) in [5, 5.41) is 6.66. The first-order valence-corrected chi connectivity index (χ1v) is 7.49. The third kappa shape index (κ3) is 1.79. The number of fused-ring (bicyclic) bond motifs is 3. The second-order valence-corrected chi connectivity index (χ2v) is 5.82. The van der Waals surface area contributed by atoms with Gasteiger partial charge < -0.3 is 15.2 Å². The van der Waals surface area contributed by atoms with Crippen LogP contribution in [0.2, 0.25) is 0 Å². The molecule has 112 valence electrons. The molecule has 1 amide bonds. The number of hydrogen-bond acceptors (Lipinski definition) is 7. The lowest BCUT2D eigenvalue weighted by Crippen LogP contribution is -2.24. The molecule has 0 unspecified atom stereocenters. The topological polar surface area (TPSA) is 103 Å². The molecule has 8 nitrogen and oxygen atoms in total. The maximum atomic E-state index is 12.4. The summed E-state index contributed by atoms with van der Waals surface area (Å²) < 4.78 is 6.96. The summed E-state index contributed by atoms with van der Waals surface area (Å²) in [6.07, 6.45) is 1.69. The van der Waals surface area contributed by atoms with Crippen molar-refractivity contribution in [3.05, 3.63) is 34.9 Å². The van der Waals surface area contributed by atoms with Crippen molar-refractivity contribution in [2.24, 2.45) is 5.73 Å². The number of carbonyl (C=O) groups is 1. The van der Waals surface area contributed by atoms with Gasteiger partial charge in [0.25, 0.3) is 5.91 Å². The van der Waals surface area contributed by atoms with E-state index >= 15 is 0 Å². The first-order valence-electron chi connectivity index (χ1n) is 6.61. The molecule has 1 aliphatic heterocycles. The molecule has 0 saturated heterocycles. The Balaban J connectivity index is 1.90. The maximum absolute atomic E-state index is 12.4. The van der Waals surface area contributed by atoms with Crippen molar-refractivity contribution in [2.75, 3.05) is 7.05 Å². The van der Waals surface area contributed by atoms with Crippen LogP contribution in [0.5, 0.6) is 0 Å². The number of nitrogens with zero attached hydrogens (tertiary/aromatic N) is 5. The number of rotatable bonds is 2.